The molecule has 1 heterocycles. The normalized spacial score (nSPS) is 10.2. The zero-order valence-corrected chi connectivity index (χ0v) is 13.9. The van der Waals surface area contributed by atoms with E-state index in [1.165, 1.54) is 13.3 Å². The maximum Gasteiger partial charge on any atom is 0.357 e. The van der Waals surface area contributed by atoms with Crippen LogP contribution in [0.4, 0.5) is 5.69 Å². The van der Waals surface area contributed by atoms with E-state index in [1.807, 2.05) is 30.3 Å². The number of rotatable bonds is 7. The average molecular weight is 327 g/mol. The first kappa shape index (κ1) is 17.4. The molecule has 0 spiro atoms. The van der Waals surface area contributed by atoms with Gasteiger partial charge in [-0.2, -0.15) is 5.26 Å². The van der Waals surface area contributed by atoms with E-state index in [-0.39, 0.29) is 16.9 Å². The molecule has 0 amide bonds. The van der Waals surface area contributed by atoms with Crippen molar-refractivity contribution in [2.24, 2.45) is 0 Å². The van der Waals surface area contributed by atoms with E-state index in [0.29, 0.717) is 12.3 Å². The molecule has 0 saturated heterocycles. The summed E-state index contributed by atoms with van der Waals surface area (Å²) >= 11 is 0. The fraction of sp³-hybridized carbons (Fsp3) is 0.333. The van der Waals surface area contributed by atoms with E-state index in [0.717, 1.165) is 25.0 Å². The first-order valence-electron chi connectivity index (χ1n) is 7.84. The van der Waals surface area contributed by atoms with Crippen LogP contribution < -0.4 is 10.5 Å². The molecule has 2 N–H and O–H groups in total. The third-order valence-corrected chi connectivity index (χ3v) is 3.68. The summed E-state index contributed by atoms with van der Waals surface area (Å²) in [5.74, 6) is 0.170. The van der Waals surface area contributed by atoms with Gasteiger partial charge >= 0.3 is 5.97 Å². The maximum absolute atomic E-state index is 12.0. The first-order chi connectivity index (χ1) is 11.6. The van der Waals surface area contributed by atoms with Gasteiger partial charge in [0.15, 0.2) is 5.69 Å². The number of ether oxygens (including phenoxy) is 2. The van der Waals surface area contributed by atoms with E-state index in [4.69, 9.17) is 20.5 Å². The van der Waals surface area contributed by atoms with E-state index in [9.17, 15) is 4.79 Å². The van der Waals surface area contributed by atoms with Crippen LogP contribution in [0.5, 0.6) is 5.75 Å². The molecular formula is C18H21N3O3. The highest BCUT2D eigenvalue weighted by molar-refractivity contribution is 5.95. The van der Waals surface area contributed by atoms with Crippen molar-refractivity contribution < 1.29 is 14.3 Å². The molecule has 0 saturated carbocycles. The van der Waals surface area contributed by atoms with Gasteiger partial charge in [-0.15, -0.1) is 0 Å². The molecule has 6 heteroatoms. The molecule has 0 aliphatic carbocycles. The van der Waals surface area contributed by atoms with Crippen LogP contribution in [-0.4, -0.2) is 24.3 Å². The second-order valence-electron chi connectivity index (χ2n) is 5.33. The third-order valence-electron chi connectivity index (χ3n) is 3.68. The van der Waals surface area contributed by atoms with Crippen molar-refractivity contribution in [3.05, 3.63) is 41.7 Å². The van der Waals surface area contributed by atoms with Gasteiger partial charge in [-0.25, -0.2) is 4.79 Å². The maximum atomic E-state index is 12.0. The predicted octanol–water partition coefficient (Wildman–Crippen LogP) is 3.29. The molecule has 24 heavy (non-hydrogen) atoms. The fourth-order valence-electron chi connectivity index (χ4n) is 2.36. The lowest BCUT2D eigenvalue weighted by Crippen LogP contribution is -2.11. The van der Waals surface area contributed by atoms with Crippen molar-refractivity contribution in [3.63, 3.8) is 0 Å². The van der Waals surface area contributed by atoms with Crippen LogP contribution in [-0.2, 0) is 4.74 Å². The number of nitrogens with zero attached hydrogens (tertiary/aromatic N) is 2. The Morgan fingerprint density at radius 1 is 1.29 bits per heavy atom. The Hall–Kier alpha value is -2.94. The molecule has 2 aromatic rings. The lowest BCUT2D eigenvalue weighted by molar-refractivity contribution is 0.0593. The molecule has 0 fully saturated rings. The lowest BCUT2D eigenvalue weighted by Gasteiger charge is -2.10. The summed E-state index contributed by atoms with van der Waals surface area (Å²) in [7, 11) is 1.28. The van der Waals surface area contributed by atoms with Crippen molar-refractivity contribution in [3.8, 4) is 17.5 Å². The molecule has 2 rings (SSSR count). The minimum atomic E-state index is -0.589. The number of aromatic nitrogens is 1. The molecular weight excluding hydrogens is 306 g/mol. The van der Waals surface area contributed by atoms with Crippen LogP contribution in [0.2, 0.25) is 0 Å². The number of hydrogen-bond donors (Lipinski definition) is 1. The van der Waals surface area contributed by atoms with Gasteiger partial charge < -0.3 is 19.8 Å². The van der Waals surface area contributed by atoms with Crippen molar-refractivity contribution in [2.75, 3.05) is 19.5 Å². The number of unbranched alkanes of at least 4 members (excludes halogenated alkanes) is 2. The van der Waals surface area contributed by atoms with Crippen LogP contribution in [0.3, 0.4) is 0 Å². The number of nitrogens with two attached hydrogens (primary N) is 1. The molecule has 1 aromatic heterocycles. The van der Waals surface area contributed by atoms with Gasteiger partial charge in [-0.1, -0.05) is 19.8 Å². The monoisotopic (exact) mass is 327 g/mol. The smallest absolute Gasteiger partial charge is 0.357 e. The van der Waals surface area contributed by atoms with Crippen LogP contribution in [0.25, 0.3) is 5.69 Å². The topological polar surface area (TPSA) is 90.3 Å². The Morgan fingerprint density at radius 2 is 2.00 bits per heavy atom. The van der Waals surface area contributed by atoms with Crippen LogP contribution in [0.1, 0.15) is 42.2 Å². The van der Waals surface area contributed by atoms with Gasteiger partial charge in [0.05, 0.1) is 25.0 Å². The standard InChI is InChI=1S/C18H21N3O3/c1-3-4-5-10-24-15-8-6-14(7-9-15)21-12-13(11-19)16(20)17(21)18(22)23-2/h6-9,12H,3-5,10,20H2,1-2H3. The Kier molecular flexibility index (Phi) is 5.85. The zero-order chi connectivity index (χ0) is 17.5. The second kappa shape index (κ2) is 8.06. The van der Waals surface area contributed by atoms with Gasteiger partial charge in [-0.05, 0) is 30.7 Å². The minimum absolute atomic E-state index is 0.115. The molecule has 126 valence electrons. The minimum Gasteiger partial charge on any atom is -0.494 e. The highest BCUT2D eigenvalue weighted by Crippen LogP contribution is 2.25. The summed E-state index contributed by atoms with van der Waals surface area (Å²) in [5, 5.41) is 9.13. The van der Waals surface area contributed by atoms with Crippen molar-refractivity contribution >= 4 is 11.7 Å². The Balaban J connectivity index is 2.25. The summed E-state index contributed by atoms with van der Waals surface area (Å²) in [4.78, 5) is 12.0. The van der Waals surface area contributed by atoms with Gasteiger partial charge in [0.25, 0.3) is 0 Å². The van der Waals surface area contributed by atoms with Crippen molar-refractivity contribution in [1.82, 2.24) is 4.57 Å². The summed E-state index contributed by atoms with van der Waals surface area (Å²) < 4.78 is 12.0. The van der Waals surface area contributed by atoms with Crippen molar-refractivity contribution in [2.45, 2.75) is 26.2 Å². The largest absolute Gasteiger partial charge is 0.494 e. The van der Waals surface area contributed by atoms with Gasteiger partial charge in [0, 0.05) is 11.9 Å². The lowest BCUT2D eigenvalue weighted by atomic mass is 10.2. The molecule has 0 aliphatic rings. The van der Waals surface area contributed by atoms with Gasteiger partial charge in [0.1, 0.15) is 11.8 Å². The zero-order valence-electron chi connectivity index (χ0n) is 13.9. The number of carbonyl (C=O) groups excluding carboxylic acids is 1. The number of anilines is 1. The predicted molar refractivity (Wildman–Crippen MR) is 91.3 cm³/mol. The number of methoxy groups -OCH3 is 1. The van der Waals surface area contributed by atoms with E-state index >= 15 is 0 Å². The van der Waals surface area contributed by atoms with Gasteiger partial charge in [0.2, 0.25) is 0 Å². The van der Waals surface area contributed by atoms with Crippen LogP contribution >= 0.6 is 0 Å². The number of benzene rings is 1. The van der Waals surface area contributed by atoms with Crippen LogP contribution in [0.15, 0.2) is 30.5 Å². The Bertz CT molecular complexity index is 742. The number of carbonyl (C=O) groups is 1. The average Bonchev–Trinajstić information content (AvgIpc) is 2.95. The van der Waals surface area contributed by atoms with Crippen molar-refractivity contribution in [1.29, 1.82) is 5.26 Å². The molecule has 0 aliphatic heterocycles. The second-order valence-corrected chi connectivity index (χ2v) is 5.33. The molecule has 1 aromatic carbocycles. The highest BCUT2D eigenvalue weighted by Gasteiger charge is 2.21. The molecule has 0 atom stereocenters. The number of hydrogen-bond acceptors (Lipinski definition) is 5. The third kappa shape index (κ3) is 3.69. The quantitative estimate of drug-likeness (QED) is 0.622. The van der Waals surface area contributed by atoms with E-state index in [2.05, 4.69) is 6.92 Å². The SMILES string of the molecule is CCCCCOc1ccc(-n2cc(C#N)c(N)c2C(=O)OC)cc1. The number of esters is 1. The molecule has 0 bridgehead atoms. The highest BCUT2D eigenvalue weighted by atomic mass is 16.5. The van der Waals surface area contributed by atoms with Gasteiger partial charge in [-0.3, -0.25) is 0 Å². The fourth-order valence-corrected chi connectivity index (χ4v) is 2.36. The molecule has 0 unspecified atom stereocenters. The van der Waals surface area contributed by atoms with E-state index in [1.54, 1.807) is 4.57 Å². The Labute approximate surface area is 141 Å². The van der Waals surface area contributed by atoms with E-state index < -0.39 is 5.97 Å². The summed E-state index contributed by atoms with van der Waals surface area (Å²) in [6.07, 6.45) is 4.83. The number of nitriles is 1. The van der Waals surface area contributed by atoms with Crippen LogP contribution in [0, 0.1) is 11.3 Å². The summed E-state index contributed by atoms with van der Waals surface area (Å²) in [6, 6.07) is 9.24. The summed E-state index contributed by atoms with van der Waals surface area (Å²) in [5.41, 5.74) is 7.07. The molecule has 6 nitrogen and oxygen atoms in total. The molecule has 0 radical (unpaired) electrons. The summed E-state index contributed by atoms with van der Waals surface area (Å²) in [6.45, 7) is 2.82. The first-order valence-corrected chi connectivity index (χ1v) is 7.84. The Morgan fingerprint density at radius 3 is 2.58 bits per heavy atom. The number of nitrogen functional groups attached to an aromatic ring is 1.